The molecular formula is C14H13N7O3S. The van der Waals surface area contributed by atoms with Gasteiger partial charge in [0.05, 0.1) is 5.69 Å². The predicted octanol–water partition coefficient (Wildman–Crippen LogP) is 0.329. The molecule has 1 amide bonds. The van der Waals surface area contributed by atoms with E-state index < -0.39 is 22.9 Å². The third-order valence-electron chi connectivity index (χ3n) is 3.28. The number of hydrogen-bond donors (Lipinski definition) is 3. The standard InChI is InChI=1S/C14H13N7O3S/c1-2-25-14-16-12(23)9(10(15)22)13(24)21(14)8-5-3-7(4-6-8)11-17-19-20-18-11/h3-6,23H,2H2,1H3,(H2,15,22)(H,17,18,19,20). The van der Waals surface area contributed by atoms with E-state index in [1.54, 1.807) is 24.3 Å². The Balaban J connectivity index is 2.16. The lowest BCUT2D eigenvalue weighted by atomic mass is 10.2. The van der Waals surface area contributed by atoms with E-state index in [2.05, 4.69) is 25.6 Å². The lowest BCUT2D eigenvalue weighted by Crippen LogP contribution is -2.30. The summed E-state index contributed by atoms with van der Waals surface area (Å²) < 4.78 is 1.23. The summed E-state index contributed by atoms with van der Waals surface area (Å²) in [6.45, 7) is 1.87. The van der Waals surface area contributed by atoms with Crippen molar-refractivity contribution in [3.8, 4) is 23.0 Å². The zero-order valence-corrected chi connectivity index (χ0v) is 13.8. The minimum atomic E-state index is -1.04. The van der Waals surface area contributed by atoms with Crippen LogP contribution in [0.4, 0.5) is 0 Å². The summed E-state index contributed by atoms with van der Waals surface area (Å²) in [7, 11) is 0. The third kappa shape index (κ3) is 3.08. The molecule has 0 unspecified atom stereocenters. The van der Waals surface area contributed by atoms with Crippen molar-refractivity contribution in [2.24, 2.45) is 5.73 Å². The van der Waals surface area contributed by atoms with Crippen molar-refractivity contribution in [3.63, 3.8) is 0 Å². The number of aromatic nitrogens is 6. The number of nitrogens with two attached hydrogens (primary N) is 1. The highest BCUT2D eigenvalue weighted by molar-refractivity contribution is 7.99. The first-order valence-corrected chi connectivity index (χ1v) is 8.14. The summed E-state index contributed by atoms with van der Waals surface area (Å²) in [6.07, 6.45) is 0. The van der Waals surface area contributed by atoms with E-state index in [9.17, 15) is 14.7 Å². The van der Waals surface area contributed by atoms with Gasteiger partial charge in [-0.2, -0.15) is 10.2 Å². The fraction of sp³-hybridized carbons (Fsp3) is 0.143. The highest BCUT2D eigenvalue weighted by Gasteiger charge is 2.21. The number of benzene rings is 1. The molecule has 0 spiro atoms. The van der Waals surface area contributed by atoms with Crippen LogP contribution in [0.25, 0.3) is 17.1 Å². The molecule has 11 heteroatoms. The van der Waals surface area contributed by atoms with Crippen molar-refractivity contribution < 1.29 is 9.90 Å². The summed E-state index contributed by atoms with van der Waals surface area (Å²) in [4.78, 5) is 28.1. The van der Waals surface area contributed by atoms with Crippen molar-refractivity contribution in [2.45, 2.75) is 12.1 Å². The van der Waals surface area contributed by atoms with Crippen LogP contribution in [-0.2, 0) is 0 Å². The molecule has 0 saturated carbocycles. The Kier molecular flexibility index (Phi) is 4.48. The van der Waals surface area contributed by atoms with Crippen LogP contribution in [0.2, 0.25) is 0 Å². The Morgan fingerprint density at radius 3 is 2.64 bits per heavy atom. The molecule has 3 rings (SSSR count). The molecule has 1 aromatic carbocycles. The SMILES string of the molecule is CCSc1nc(O)c(C(N)=O)c(=O)n1-c1ccc(-c2nn[nH]n2)cc1. The lowest BCUT2D eigenvalue weighted by Gasteiger charge is -2.13. The average Bonchev–Trinajstić information content (AvgIpc) is 3.09. The smallest absolute Gasteiger partial charge is 0.275 e. The molecule has 0 aliphatic carbocycles. The number of rotatable bonds is 5. The topological polar surface area (TPSA) is 153 Å². The molecule has 0 saturated heterocycles. The molecule has 25 heavy (non-hydrogen) atoms. The van der Waals surface area contributed by atoms with E-state index in [4.69, 9.17) is 5.73 Å². The van der Waals surface area contributed by atoms with Crippen LogP contribution >= 0.6 is 11.8 Å². The third-order valence-corrected chi connectivity index (χ3v) is 4.10. The maximum Gasteiger partial charge on any atom is 0.275 e. The van der Waals surface area contributed by atoms with Crippen molar-refractivity contribution in [3.05, 3.63) is 40.2 Å². The Labute approximate surface area is 145 Å². The van der Waals surface area contributed by atoms with Crippen LogP contribution in [0.3, 0.4) is 0 Å². The maximum atomic E-state index is 12.7. The molecule has 0 aliphatic heterocycles. The largest absolute Gasteiger partial charge is 0.493 e. The second kappa shape index (κ2) is 6.73. The molecule has 2 heterocycles. The molecular weight excluding hydrogens is 346 g/mol. The highest BCUT2D eigenvalue weighted by Crippen LogP contribution is 2.23. The number of carbonyl (C=O) groups is 1. The zero-order chi connectivity index (χ0) is 18.0. The molecule has 10 nitrogen and oxygen atoms in total. The van der Waals surface area contributed by atoms with Gasteiger partial charge in [-0.15, -0.1) is 10.2 Å². The van der Waals surface area contributed by atoms with Gasteiger partial charge in [-0.3, -0.25) is 14.2 Å². The highest BCUT2D eigenvalue weighted by atomic mass is 32.2. The molecule has 0 bridgehead atoms. The van der Waals surface area contributed by atoms with Gasteiger partial charge in [0.1, 0.15) is 0 Å². The van der Waals surface area contributed by atoms with Crippen LogP contribution < -0.4 is 11.3 Å². The van der Waals surface area contributed by atoms with Crippen LogP contribution in [0, 0.1) is 0 Å². The normalized spacial score (nSPS) is 10.8. The van der Waals surface area contributed by atoms with Crippen molar-refractivity contribution >= 4 is 17.7 Å². The second-order valence-corrected chi connectivity index (χ2v) is 6.04. The molecule has 3 aromatic rings. The monoisotopic (exact) mass is 359 g/mol. The maximum absolute atomic E-state index is 12.7. The predicted molar refractivity (Wildman–Crippen MR) is 89.6 cm³/mol. The number of carbonyl (C=O) groups excluding carboxylic acids is 1. The van der Waals surface area contributed by atoms with E-state index in [0.717, 1.165) is 0 Å². The Bertz CT molecular complexity index is 967. The van der Waals surface area contributed by atoms with E-state index >= 15 is 0 Å². The number of hydrogen-bond acceptors (Lipinski definition) is 8. The van der Waals surface area contributed by atoms with E-state index in [-0.39, 0.29) is 5.16 Å². The Morgan fingerprint density at radius 1 is 1.36 bits per heavy atom. The van der Waals surface area contributed by atoms with Crippen molar-refractivity contribution in [2.75, 3.05) is 5.75 Å². The van der Waals surface area contributed by atoms with Gasteiger partial charge >= 0.3 is 0 Å². The number of aromatic hydroxyl groups is 1. The number of tetrazole rings is 1. The van der Waals surface area contributed by atoms with Gasteiger partial charge in [0.25, 0.3) is 11.5 Å². The zero-order valence-electron chi connectivity index (χ0n) is 13.0. The summed E-state index contributed by atoms with van der Waals surface area (Å²) in [5.41, 5.74) is 5.06. The molecule has 4 N–H and O–H groups in total. The quantitative estimate of drug-likeness (QED) is 0.435. The van der Waals surface area contributed by atoms with Gasteiger partial charge in [0, 0.05) is 5.56 Å². The molecule has 0 atom stereocenters. The number of primary amides is 1. The van der Waals surface area contributed by atoms with Gasteiger partial charge in [-0.25, -0.2) is 0 Å². The lowest BCUT2D eigenvalue weighted by molar-refractivity contribution is 0.0994. The van der Waals surface area contributed by atoms with E-state index in [1.807, 2.05) is 6.92 Å². The summed E-state index contributed by atoms with van der Waals surface area (Å²) in [5, 5.41) is 23.7. The van der Waals surface area contributed by atoms with Gasteiger partial charge in [-0.05, 0) is 35.2 Å². The number of aromatic amines is 1. The van der Waals surface area contributed by atoms with Crippen LogP contribution in [0.15, 0.2) is 34.2 Å². The average molecular weight is 359 g/mol. The summed E-state index contributed by atoms with van der Waals surface area (Å²) >= 11 is 1.25. The molecule has 0 fully saturated rings. The fourth-order valence-electron chi connectivity index (χ4n) is 2.20. The van der Waals surface area contributed by atoms with Crippen LogP contribution in [-0.4, -0.2) is 46.9 Å². The van der Waals surface area contributed by atoms with Crippen LogP contribution in [0.1, 0.15) is 17.3 Å². The molecule has 0 radical (unpaired) electrons. The van der Waals surface area contributed by atoms with Crippen LogP contribution in [0.5, 0.6) is 5.88 Å². The number of nitrogens with zero attached hydrogens (tertiary/aromatic N) is 5. The minimum Gasteiger partial charge on any atom is -0.493 e. The first-order chi connectivity index (χ1) is 12.0. The van der Waals surface area contributed by atoms with Gasteiger partial charge in [0.2, 0.25) is 11.7 Å². The van der Waals surface area contributed by atoms with E-state index in [0.29, 0.717) is 22.8 Å². The fourth-order valence-corrected chi connectivity index (χ4v) is 2.93. The minimum absolute atomic E-state index is 0.252. The molecule has 0 aliphatic rings. The number of thioether (sulfide) groups is 1. The first kappa shape index (κ1) is 16.6. The van der Waals surface area contributed by atoms with Gasteiger partial charge < -0.3 is 10.8 Å². The Hall–Kier alpha value is -3.21. The van der Waals surface area contributed by atoms with Gasteiger partial charge in [-0.1, -0.05) is 18.7 Å². The van der Waals surface area contributed by atoms with Crippen molar-refractivity contribution in [1.82, 2.24) is 30.2 Å². The number of H-pyrrole nitrogens is 1. The molecule has 2 aromatic heterocycles. The molecule has 128 valence electrons. The first-order valence-electron chi connectivity index (χ1n) is 7.15. The van der Waals surface area contributed by atoms with Gasteiger partial charge in [0.15, 0.2) is 10.7 Å². The summed E-state index contributed by atoms with van der Waals surface area (Å²) in [6, 6.07) is 6.69. The van der Waals surface area contributed by atoms with E-state index in [1.165, 1.54) is 16.3 Å². The van der Waals surface area contributed by atoms with Crippen molar-refractivity contribution in [1.29, 1.82) is 0 Å². The number of amides is 1. The summed E-state index contributed by atoms with van der Waals surface area (Å²) in [5.74, 6) is -0.694. The Morgan fingerprint density at radius 2 is 2.08 bits per heavy atom. The second-order valence-electron chi connectivity index (χ2n) is 4.81. The number of nitrogens with one attached hydrogen (secondary N) is 1.